The minimum absolute atomic E-state index is 0.0279. The lowest BCUT2D eigenvalue weighted by Gasteiger charge is -2.39. The Balaban J connectivity index is 1.63. The van der Waals surface area contributed by atoms with Crippen molar-refractivity contribution in [2.24, 2.45) is 0 Å². The standard InChI is InChI=1S/C29H37F2N5O4/c1-15(2)36-23-9-19(27-21(31)10-32-29(34-27)33-22-6-7-39-14-25(22)37)8-20(30)26(23)28(38)18(5)24(36)11-35-16(3)12-40-13-17(35)4/h8-10,15-17,22,25,37H,6-7,11-14H2,1-5H3,(H,32,33,34)/t16-,17+,22-,25-/m1/s1. The third-order valence-corrected chi connectivity index (χ3v) is 7.98. The minimum atomic E-state index is -0.761. The third kappa shape index (κ3) is 5.35. The van der Waals surface area contributed by atoms with Gasteiger partial charge in [0.25, 0.3) is 0 Å². The molecule has 1 aromatic carbocycles. The van der Waals surface area contributed by atoms with E-state index in [1.54, 1.807) is 13.0 Å². The van der Waals surface area contributed by atoms with E-state index in [1.165, 1.54) is 0 Å². The van der Waals surface area contributed by atoms with Crippen LogP contribution in [0.2, 0.25) is 0 Å². The van der Waals surface area contributed by atoms with Gasteiger partial charge in [0.2, 0.25) is 5.95 Å². The van der Waals surface area contributed by atoms with E-state index >= 15 is 8.78 Å². The molecule has 4 atom stereocenters. The Morgan fingerprint density at radius 2 is 1.85 bits per heavy atom. The van der Waals surface area contributed by atoms with Crippen LogP contribution in [0.15, 0.2) is 23.1 Å². The molecule has 0 bridgehead atoms. The van der Waals surface area contributed by atoms with Crippen LogP contribution in [0.3, 0.4) is 0 Å². The molecular formula is C29H37F2N5O4. The molecule has 3 aromatic rings. The highest BCUT2D eigenvalue weighted by atomic mass is 19.1. The van der Waals surface area contributed by atoms with Gasteiger partial charge in [-0.15, -0.1) is 0 Å². The smallest absolute Gasteiger partial charge is 0.223 e. The molecule has 0 saturated carbocycles. The molecule has 0 aliphatic carbocycles. The number of aromatic nitrogens is 3. The molecule has 0 amide bonds. The molecule has 0 spiro atoms. The Bertz CT molecular complexity index is 1450. The average molecular weight is 558 g/mol. The van der Waals surface area contributed by atoms with Crippen LogP contribution in [0.1, 0.15) is 51.4 Å². The van der Waals surface area contributed by atoms with Gasteiger partial charge in [-0.25, -0.2) is 18.7 Å². The van der Waals surface area contributed by atoms with E-state index in [4.69, 9.17) is 9.47 Å². The highest BCUT2D eigenvalue weighted by Gasteiger charge is 2.29. The maximum atomic E-state index is 15.7. The van der Waals surface area contributed by atoms with E-state index in [0.717, 1.165) is 18.0 Å². The lowest BCUT2D eigenvalue weighted by atomic mass is 10.0. The van der Waals surface area contributed by atoms with Crippen LogP contribution in [0, 0.1) is 18.6 Å². The summed E-state index contributed by atoms with van der Waals surface area (Å²) in [6.45, 7) is 12.2. The highest BCUT2D eigenvalue weighted by molar-refractivity contribution is 5.86. The lowest BCUT2D eigenvalue weighted by Crippen LogP contribution is -2.49. The zero-order valence-electron chi connectivity index (χ0n) is 23.6. The second-order valence-corrected chi connectivity index (χ2v) is 11.2. The average Bonchev–Trinajstić information content (AvgIpc) is 2.90. The van der Waals surface area contributed by atoms with Gasteiger partial charge in [0.05, 0.1) is 49.1 Å². The van der Waals surface area contributed by atoms with Crippen molar-refractivity contribution in [3.63, 3.8) is 0 Å². The lowest BCUT2D eigenvalue weighted by molar-refractivity contribution is -0.0420. The van der Waals surface area contributed by atoms with E-state index in [1.807, 2.05) is 18.4 Å². The van der Waals surface area contributed by atoms with Gasteiger partial charge in [0, 0.05) is 48.1 Å². The summed E-state index contributed by atoms with van der Waals surface area (Å²) in [7, 11) is 0. The summed E-state index contributed by atoms with van der Waals surface area (Å²) < 4.78 is 43.7. The molecular weight excluding hydrogens is 520 g/mol. The van der Waals surface area contributed by atoms with Gasteiger partial charge in [0.1, 0.15) is 11.5 Å². The molecule has 5 rings (SSSR count). The van der Waals surface area contributed by atoms with Gasteiger partial charge < -0.3 is 24.5 Å². The molecule has 2 saturated heterocycles. The quantitative estimate of drug-likeness (QED) is 0.472. The number of halogens is 2. The monoisotopic (exact) mass is 557 g/mol. The zero-order chi connectivity index (χ0) is 28.7. The van der Waals surface area contributed by atoms with Gasteiger partial charge in [-0.3, -0.25) is 9.69 Å². The number of hydrogen-bond donors (Lipinski definition) is 2. The SMILES string of the molecule is Cc1c(CN2[C@H](C)COC[C@@H]2C)n(C(C)C)c2cc(-c3nc(N[C@@H]4CCOC[C@H]4O)ncc3F)cc(F)c2c1=O. The number of nitrogens with one attached hydrogen (secondary N) is 1. The maximum Gasteiger partial charge on any atom is 0.223 e. The van der Waals surface area contributed by atoms with E-state index in [-0.39, 0.29) is 58.8 Å². The van der Waals surface area contributed by atoms with Crippen molar-refractivity contribution in [2.75, 3.05) is 31.7 Å². The number of aliphatic hydroxyl groups excluding tert-OH is 1. The Labute approximate surface area is 232 Å². The van der Waals surface area contributed by atoms with Crippen LogP contribution in [0.5, 0.6) is 0 Å². The Morgan fingerprint density at radius 3 is 2.52 bits per heavy atom. The topological polar surface area (TPSA) is 102 Å². The normalized spacial score (nSPS) is 24.1. The molecule has 2 aliphatic rings. The number of aliphatic hydroxyl groups is 1. The van der Waals surface area contributed by atoms with Gasteiger partial charge in [-0.05, 0) is 53.2 Å². The number of nitrogens with zero attached hydrogens (tertiary/aromatic N) is 4. The van der Waals surface area contributed by atoms with E-state index in [9.17, 15) is 9.90 Å². The van der Waals surface area contributed by atoms with Crippen LogP contribution < -0.4 is 10.7 Å². The van der Waals surface area contributed by atoms with Crippen LogP contribution in [-0.4, -0.2) is 75.2 Å². The number of fused-ring (bicyclic) bond motifs is 1. The first-order valence-electron chi connectivity index (χ1n) is 13.8. The Morgan fingerprint density at radius 1 is 1.12 bits per heavy atom. The van der Waals surface area contributed by atoms with Gasteiger partial charge >= 0.3 is 0 Å². The molecule has 0 radical (unpaired) electrons. The van der Waals surface area contributed by atoms with Gasteiger partial charge in [-0.2, -0.15) is 0 Å². The van der Waals surface area contributed by atoms with Gasteiger partial charge in [0.15, 0.2) is 11.2 Å². The summed E-state index contributed by atoms with van der Waals surface area (Å²) >= 11 is 0. The molecule has 2 N–H and O–H groups in total. The molecule has 4 heterocycles. The van der Waals surface area contributed by atoms with Gasteiger partial charge in [-0.1, -0.05) is 0 Å². The molecule has 9 nitrogen and oxygen atoms in total. The predicted molar refractivity (Wildman–Crippen MR) is 148 cm³/mol. The first-order chi connectivity index (χ1) is 19.1. The minimum Gasteiger partial charge on any atom is -0.389 e. The molecule has 216 valence electrons. The number of benzene rings is 1. The second kappa shape index (κ2) is 11.5. The van der Waals surface area contributed by atoms with E-state index in [0.29, 0.717) is 43.9 Å². The van der Waals surface area contributed by atoms with Crippen molar-refractivity contribution in [3.05, 3.63) is 51.4 Å². The fraction of sp³-hybridized carbons (Fsp3) is 0.552. The van der Waals surface area contributed by atoms with Crippen molar-refractivity contribution in [3.8, 4) is 11.3 Å². The number of anilines is 1. The second-order valence-electron chi connectivity index (χ2n) is 11.2. The maximum absolute atomic E-state index is 15.7. The number of pyridine rings is 1. The van der Waals surface area contributed by atoms with Crippen LogP contribution in [0.25, 0.3) is 22.2 Å². The fourth-order valence-corrected chi connectivity index (χ4v) is 5.79. The number of hydrogen-bond acceptors (Lipinski definition) is 8. The first kappa shape index (κ1) is 28.5. The largest absolute Gasteiger partial charge is 0.389 e. The summed E-state index contributed by atoms with van der Waals surface area (Å²) in [4.78, 5) is 24.2. The molecule has 2 fully saturated rings. The molecule has 40 heavy (non-hydrogen) atoms. The first-order valence-corrected chi connectivity index (χ1v) is 13.8. The summed E-state index contributed by atoms with van der Waals surface area (Å²) in [6, 6.07) is 2.61. The number of rotatable bonds is 6. The van der Waals surface area contributed by atoms with E-state index in [2.05, 4.69) is 34.0 Å². The fourth-order valence-electron chi connectivity index (χ4n) is 5.79. The van der Waals surface area contributed by atoms with Crippen LogP contribution >= 0.6 is 0 Å². The molecule has 0 unspecified atom stereocenters. The Hall–Kier alpha value is -2.99. The van der Waals surface area contributed by atoms with Crippen molar-refractivity contribution in [2.45, 2.75) is 77.9 Å². The molecule has 2 aliphatic heterocycles. The number of morpholine rings is 1. The molecule has 2 aromatic heterocycles. The summed E-state index contributed by atoms with van der Waals surface area (Å²) in [5.74, 6) is -1.34. The zero-order valence-corrected chi connectivity index (χ0v) is 23.6. The Kier molecular flexibility index (Phi) is 8.19. The van der Waals surface area contributed by atoms with Crippen molar-refractivity contribution < 1.29 is 23.4 Å². The van der Waals surface area contributed by atoms with Crippen LogP contribution in [-0.2, 0) is 16.0 Å². The van der Waals surface area contributed by atoms with Crippen LogP contribution in [0.4, 0.5) is 14.7 Å². The van der Waals surface area contributed by atoms with Crippen molar-refractivity contribution in [1.29, 1.82) is 0 Å². The van der Waals surface area contributed by atoms with E-state index < -0.39 is 17.7 Å². The highest BCUT2D eigenvalue weighted by Crippen LogP contribution is 2.31. The molecule has 11 heteroatoms. The number of ether oxygens (including phenoxy) is 2. The van der Waals surface area contributed by atoms with Crippen molar-refractivity contribution >= 4 is 16.9 Å². The third-order valence-electron chi connectivity index (χ3n) is 7.98. The predicted octanol–water partition coefficient (Wildman–Crippen LogP) is 3.80. The van der Waals surface area contributed by atoms with Crippen molar-refractivity contribution in [1.82, 2.24) is 19.4 Å². The summed E-state index contributed by atoms with van der Waals surface area (Å²) in [6.07, 6.45) is 0.795. The summed E-state index contributed by atoms with van der Waals surface area (Å²) in [5, 5.41) is 13.2. The summed E-state index contributed by atoms with van der Waals surface area (Å²) in [5.41, 5.74) is 1.39.